The summed E-state index contributed by atoms with van der Waals surface area (Å²) in [6.07, 6.45) is -8.66. The lowest BCUT2D eigenvalue weighted by atomic mass is 9.96. The highest BCUT2D eigenvalue weighted by molar-refractivity contribution is 6.01. The van der Waals surface area contributed by atoms with Gasteiger partial charge in [0, 0.05) is 45.5 Å². The SMILES string of the molecule is Cc1ccccc1-c1cc(CN2CCN(C(=O)CO)CC2)ncc1C(=O)NCc1cc(C(F)(F)F)cc(C(F)(F)F)c1. The number of carbonyl (C=O) groups is 2. The Morgan fingerprint density at radius 2 is 1.52 bits per heavy atom. The first kappa shape index (κ1) is 31.0. The zero-order valence-electron chi connectivity index (χ0n) is 22.5. The van der Waals surface area contributed by atoms with Crippen molar-refractivity contribution < 1.29 is 41.0 Å². The normalized spacial score (nSPS) is 14.6. The van der Waals surface area contributed by atoms with Crippen LogP contribution in [0.2, 0.25) is 0 Å². The number of aryl methyl sites for hydroxylation is 1. The van der Waals surface area contributed by atoms with Gasteiger partial charge in [-0.3, -0.25) is 19.5 Å². The summed E-state index contributed by atoms with van der Waals surface area (Å²) < 4.78 is 79.6. The minimum absolute atomic E-state index is 0.0363. The van der Waals surface area contributed by atoms with Crippen LogP contribution >= 0.6 is 0 Å². The molecule has 0 spiro atoms. The summed E-state index contributed by atoms with van der Waals surface area (Å²) in [5.41, 5.74) is -0.495. The molecule has 1 aliphatic heterocycles. The maximum Gasteiger partial charge on any atom is 0.416 e. The van der Waals surface area contributed by atoms with Crippen LogP contribution in [0.4, 0.5) is 26.3 Å². The molecule has 2 N–H and O–H groups in total. The fourth-order valence-corrected chi connectivity index (χ4v) is 4.75. The van der Waals surface area contributed by atoms with Gasteiger partial charge in [-0.2, -0.15) is 26.3 Å². The lowest BCUT2D eigenvalue weighted by Crippen LogP contribution is -2.49. The van der Waals surface area contributed by atoms with Gasteiger partial charge in [-0.25, -0.2) is 0 Å². The first-order valence-corrected chi connectivity index (χ1v) is 13.0. The van der Waals surface area contributed by atoms with E-state index < -0.39 is 42.5 Å². The Morgan fingerprint density at radius 3 is 2.10 bits per heavy atom. The van der Waals surface area contributed by atoms with E-state index in [2.05, 4.69) is 15.2 Å². The number of aromatic nitrogens is 1. The molecule has 2 amide bonds. The molecule has 4 rings (SSSR count). The standard InChI is InChI=1S/C29H28F6N4O3/c1-18-4-2-3-5-23(18)24-13-22(16-38-6-8-39(9-7-38)26(41)17-40)36-15-25(24)27(42)37-14-19-10-20(28(30,31)32)12-21(11-19)29(33,34)35/h2-5,10-13,15,40H,6-9,14,16-17H2,1H3,(H,37,42). The predicted octanol–water partition coefficient (Wildman–Crippen LogP) is 4.66. The summed E-state index contributed by atoms with van der Waals surface area (Å²) in [5, 5.41) is 11.5. The first-order chi connectivity index (χ1) is 19.8. The van der Waals surface area contributed by atoms with Crippen LogP contribution in [0.3, 0.4) is 0 Å². The topological polar surface area (TPSA) is 85.8 Å². The molecule has 0 aliphatic carbocycles. The zero-order valence-corrected chi connectivity index (χ0v) is 22.5. The van der Waals surface area contributed by atoms with Gasteiger partial charge >= 0.3 is 12.4 Å². The smallest absolute Gasteiger partial charge is 0.387 e. The average Bonchev–Trinajstić information content (AvgIpc) is 2.95. The molecule has 2 heterocycles. The number of aliphatic hydroxyl groups excluding tert-OH is 1. The maximum absolute atomic E-state index is 13.3. The molecule has 2 aromatic carbocycles. The average molecular weight is 595 g/mol. The quantitative estimate of drug-likeness (QED) is 0.389. The highest BCUT2D eigenvalue weighted by Gasteiger charge is 2.37. The van der Waals surface area contributed by atoms with Gasteiger partial charge in [0.25, 0.3) is 5.91 Å². The number of benzene rings is 2. The highest BCUT2D eigenvalue weighted by Crippen LogP contribution is 2.36. The molecule has 0 saturated carbocycles. The van der Waals surface area contributed by atoms with Crippen LogP contribution in [0.5, 0.6) is 0 Å². The molecule has 0 bridgehead atoms. The van der Waals surface area contributed by atoms with Gasteiger partial charge in [-0.1, -0.05) is 24.3 Å². The minimum Gasteiger partial charge on any atom is -0.387 e. The highest BCUT2D eigenvalue weighted by atomic mass is 19.4. The van der Waals surface area contributed by atoms with Crippen molar-refractivity contribution in [3.8, 4) is 11.1 Å². The summed E-state index contributed by atoms with van der Waals surface area (Å²) in [6.45, 7) is 3.10. The number of nitrogens with zero attached hydrogens (tertiary/aromatic N) is 3. The Bertz CT molecular complexity index is 1420. The van der Waals surface area contributed by atoms with Crippen LogP contribution in [0.15, 0.2) is 54.7 Å². The van der Waals surface area contributed by atoms with Crippen molar-refractivity contribution in [1.29, 1.82) is 0 Å². The number of aliphatic hydroxyl groups is 1. The lowest BCUT2D eigenvalue weighted by Gasteiger charge is -2.34. The second-order valence-corrected chi connectivity index (χ2v) is 9.95. The van der Waals surface area contributed by atoms with Gasteiger partial charge in [0.05, 0.1) is 22.4 Å². The number of rotatable bonds is 7. The van der Waals surface area contributed by atoms with Crippen molar-refractivity contribution in [3.05, 3.63) is 88.2 Å². The number of halogens is 6. The van der Waals surface area contributed by atoms with Gasteiger partial charge in [-0.15, -0.1) is 0 Å². The Balaban J connectivity index is 1.58. The Labute approximate surface area is 237 Å². The molecule has 3 aromatic rings. The van der Waals surface area contributed by atoms with Crippen molar-refractivity contribution in [2.24, 2.45) is 0 Å². The Hall–Kier alpha value is -3.97. The largest absolute Gasteiger partial charge is 0.416 e. The van der Waals surface area contributed by atoms with Crippen LogP contribution in [-0.4, -0.2) is 64.5 Å². The molecule has 1 fully saturated rings. The van der Waals surface area contributed by atoms with Crippen LogP contribution in [0.25, 0.3) is 11.1 Å². The van der Waals surface area contributed by atoms with Crippen molar-refractivity contribution in [2.45, 2.75) is 32.4 Å². The number of piperazine rings is 1. The molecular formula is C29H28F6N4O3. The fraction of sp³-hybridized carbons (Fsp3) is 0.345. The maximum atomic E-state index is 13.3. The summed E-state index contributed by atoms with van der Waals surface area (Å²) in [7, 11) is 0. The van der Waals surface area contributed by atoms with E-state index in [1.54, 1.807) is 23.1 Å². The first-order valence-electron chi connectivity index (χ1n) is 13.0. The molecule has 0 atom stereocenters. The molecule has 7 nitrogen and oxygen atoms in total. The second kappa shape index (κ2) is 12.5. The van der Waals surface area contributed by atoms with Crippen molar-refractivity contribution in [2.75, 3.05) is 32.8 Å². The molecule has 13 heteroatoms. The number of alkyl halides is 6. The number of carbonyl (C=O) groups excluding carboxylic acids is 2. The van der Waals surface area contributed by atoms with E-state index in [1.165, 1.54) is 6.20 Å². The molecule has 0 radical (unpaired) electrons. The van der Waals surface area contributed by atoms with Crippen LogP contribution in [0.1, 0.15) is 38.3 Å². The van der Waals surface area contributed by atoms with Crippen molar-refractivity contribution in [1.82, 2.24) is 20.1 Å². The summed E-state index contributed by atoms with van der Waals surface area (Å²) in [6, 6.07) is 10.2. The van der Waals surface area contributed by atoms with Crippen LogP contribution < -0.4 is 5.32 Å². The molecule has 42 heavy (non-hydrogen) atoms. The third kappa shape index (κ3) is 7.45. The fourth-order valence-electron chi connectivity index (χ4n) is 4.75. The molecule has 1 saturated heterocycles. The Morgan fingerprint density at radius 1 is 0.905 bits per heavy atom. The van der Waals surface area contributed by atoms with E-state index in [0.717, 1.165) is 5.56 Å². The molecular weight excluding hydrogens is 566 g/mol. The van der Waals surface area contributed by atoms with Crippen molar-refractivity contribution in [3.63, 3.8) is 0 Å². The van der Waals surface area contributed by atoms with Gasteiger partial charge < -0.3 is 15.3 Å². The van der Waals surface area contributed by atoms with E-state index in [-0.39, 0.29) is 23.1 Å². The number of hydrogen-bond donors (Lipinski definition) is 2. The van der Waals surface area contributed by atoms with E-state index in [0.29, 0.717) is 61.7 Å². The number of hydrogen-bond acceptors (Lipinski definition) is 5. The zero-order chi connectivity index (χ0) is 30.7. The monoisotopic (exact) mass is 594 g/mol. The second-order valence-electron chi connectivity index (χ2n) is 9.95. The van der Waals surface area contributed by atoms with E-state index in [9.17, 15) is 35.9 Å². The van der Waals surface area contributed by atoms with Crippen molar-refractivity contribution >= 4 is 11.8 Å². The van der Waals surface area contributed by atoms with Crippen LogP contribution in [-0.2, 0) is 30.2 Å². The molecule has 1 aliphatic rings. The number of nitrogens with one attached hydrogen (secondary N) is 1. The molecule has 224 valence electrons. The lowest BCUT2D eigenvalue weighted by molar-refractivity contribution is -0.143. The van der Waals surface area contributed by atoms with Crippen LogP contribution in [0, 0.1) is 6.92 Å². The minimum atomic E-state index is -5.00. The van der Waals surface area contributed by atoms with Gasteiger partial charge in [0.1, 0.15) is 6.61 Å². The predicted molar refractivity (Wildman–Crippen MR) is 141 cm³/mol. The van der Waals surface area contributed by atoms with Gasteiger partial charge in [0.2, 0.25) is 5.91 Å². The van der Waals surface area contributed by atoms with Gasteiger partial charge in [0.15, 0.2) is 0 Å². The third-order valence-electron chi connectivity index (χ3n) is 6.99. The summed E-state index contributed by atoms with van der Waals surface area (Å²) >= 11 is 0. The Kier molecular flexibility index (Phi) is 9.21. The van der Waals surface area contributed by atoms with E-state index in [4.69, 9.17) is 5.11 Å². The number of amides is 2. The molecule has 1 aromatic heterocycles. The third-order valence-corrected chi connectivity index (χ3v) is 6.99. The van der Waals surface area contributed by atoms with Gasteiger partial charge in [-0.05, 0) is 53.4 Å². The van der Waals surface area contributed by atoms with E-state index >= 15 is 0 Å². The van der Waals surface area contributed by atoms with E-state index in [1.807, 2.05) is 19.1 Å². The molecule has 0 unspecified atom stereocenters. The summed E-state index contributed by atoms with van der Waals surface area (Å²) in [4.78, 5) is 33.0. The number of pyridine rings is 1. The summed E-state index contributed by atoms with van der Waals surface area (Å²) in [5.74, 6) is -1.06.